The van der Waals surface area contributed by atoms with Gasteiger partial charge in [0.15, 0.2) is 0 Å². The molecule has 2 N–H and O–H groups in total. The van der Waals surface area contributed by atoms with Gasteiger partial charge in [-0.1, -0.05) is 20.8 Å². The first-order chi connectivity index (χ1) is 5.50. The molecule has 1 atom stereocenters. The number of aromatic nitrogens is 2. The van der Waals surface area contributed by atoms with Gasteiger partial charge in [0.2, 0.25) is 0 Å². The Kier molecular flexibility index (Phi) is 2.52. The second-order valence-corrected chi connectivity index (χ2v) is 4.23. The van der Waals surface area contributed by atoms with Crippen molar-refractivity contribution >= 4 is 0 Å². The fourth-order valence-corrected chi connectivity index (χ4v) is 0.896. The van der Waals surface area contributed by atoms with Gasteiger partial charge in [-0.05, 0) is 5.41 Å². The van der Waals surface area contributed by atoms with Gasteiger partial charge in [0.25, 0.3) is 0 Å². The maximum atomic E-state index is 5.99. The molecule has 1 aromatic heterocycles. The minimum atomic E-state index is 0.157. The third-order valence-electron chi connectivity index (χ3n) is 2.08. The summed E-state index contributed by atoms with van der Waals surface area (Å²) in [5.74, 6) is 0. The highest BCUT2D eigenvalue weighted by Gasteiger charge is 2.20. The first-order valence-electron chi connectivity index (χ1n) is 4.21. The predicted octanol–water partition coefficient (Wildman–Crippen LogP) is 1.26. The summed E-state index contributed by atoms with van der Waals surface area (Å²) >= 11 is 0. The molecule has 0 aromatic carbocycles. The largest absolute Gasteiger partial charge is 0.336 e. The van der Waals surface area contributed by atoms with Gasteiger partial charge < -0.3 is 10.3 Å². The Morgan fingerprint density at radius 2 is 2.17 bits per heavy atom. The van der Waals surface area contributed by atoms with Gasteiger partial charge in [-0.2, -0.15) is 0 Å². The second-order valence-electron chi connectivity index (χ2n) is 4.23. The van der Waals surface area contributed by atoms with E-state index in [4.69, 9.17) is 5.73 Å². The molecule has 1 rings (SSSR count). The van der Waals surface area contributed by atoms with Crippen molar-refractivity contribution in [1.29, 1.82) is 0 Å². The number of nitrogens with zero attached hydrogens (tertiary/aromatic N) is 2. The Bertz CT molecular complexity index is 220. The number of hydrogen-bond acceptors (Lipinski definition) is 2. The molecule has 1 aromatic rings. The van der Waals surface area contributed by atoms with E-state index in [2.05, 4.69) is 25.8 Å². The Labute approximate surface area is 73.6 Å². The van der Waals surface area contributed by atoms with E-state index in [0.717, 1.165) is 6.54 Å². The summed E-state index contributed by atoms with van der Waals surface area (Å²) in [5.41, 5.74) is 6.15. The van der Waals surface area contributed by atoms with E-state index in [-0.39, 0.29) is 11.5 Å². The molecule has 0 amide bonds. The van der Waals surface area contributed by atoms with Crippen LogP contribution in [0.15, 0.2) is 18.7 Å². The van der Waals surface area contributed by atoms with Crippen molar-refractivity contribution in [3.05, 3.63) is 18.7 Å². The monoisotopic (exact) mass is 167 g/mol. The number of imidazole rings is 1. The molecular weight excluding hydrogens is 150 g/mol. The lowest BCUT2D eigenvalue weighted by Crippen LogP contribution is -2.38. The van der Waals surface area contributed by atoms with Gasteiger partial charge in [-0.3, -0.25) is 0 Å². The van der Waals surface area contributed by atoms with Crippen molar-refractivity contribution in [3.63, 3.8) is 0 Å². The summed E-state index contributed by atoms with van der Waals surface area (Å²) in [6.07, 6.45) is 5.51. The SMILES string of the molecule is CC(C)(C)[C@H](N)Cn1ccnc1. The summed E-state index contributed by atoms with van der Waals surface area (Å²) in [6.45, 7) is 7.28. The molecule has 0 saturated carbocycles. The second kappa shape index (κ2) is 3.27. The molecule has 1 heterocycles. The molecule has 0 unspecified atom stereocenters. The van der Waals surface area contributed by atoms with Crippen molar-refractivity contribution in [3.8, 4) is 0 Å². The average Bonchev–Trinajstić information content (AvgIpc) is 2.37. The lowest BCUT2D eigenvalue weighted by molar-refractivity contribution is 0.291. The average molecular weight is 167 g/mol. The van der Waals surface area contributed by atoms with Gasteiger partial charge in [0.1, 0.15) is 0 Å². The minimum absolute atomic E-state index is 0.157. The molecule has 0 spiro atoms. The molecule has 0 bridgehead atoms. The van der Waals surface area contributed by atoms with Crippen molar-refractivity contribution in [2.75, 3.05) is 0 Å². The quantitative estimate of drug-likeness (QED) is 0.720. The van der Waals surface area contributed by atoms with Crippen LogP contribution in [0.25, 0.3) is 0 Å². The Balaban J connectivity index is 2.53. The molecule has 68 valence electrons. The van der Waals surface area contributed by atoms with E-state index in [0.29, 0.717) is 0 Å². The summed E-state index contributed by atoms with van der Waals surface area (Å²) in [6, 6.07) is 0.173. The van der Waals surface area contributed by atoms with E-state index in [9.17, 15) is 0 Å². The third kappa shape index (κ3) is 2.34. The van der Waals surface area contributed by atoms with Crippen LogP contribution in [-0.2, 0) is 6.54 Å². The summed E-state index contributed by atoms with van der Waals surface area (Å²) < 4.78 is 2.01. The first kappa shape index (κ1) is 9.26. The van der Waals surface area contributed by atoms with Crippen LogP contribution >= 0.6 is 0 Å². The molecule has 0 aliphatic heterocycles. The Hall–Kier alpha value is -0.830. The summed E-state index contributed by atoms with van der Waals surface area (Å²) in [5, 5.41) is 0. The molecule has 3 heteroatoms. The minimum Gasteiger partial charge on any atom is -0.336 e. The van der Waals surface area contributed by atoms with Crippen LogP contribution in [0.3, 0.4) is 0 Å². The lowest BCUT2D eigenvalue weighted by atomic mass is 9.87. The Morgan fingerprint density at radius 3 is 2.58 bits per heavy atom. The van der Waals surface area contributed by atoms with Crippen molar-refractivity contribution in [2.24, 2.45) is 11.1 Å². The third-order valence-corrected chi connectivity index (χ3v) is 2.08. The van der Waals surface area contributed by atoms with Crippen LogP contribution < -0.4 is 5.73 Å². The van der Waals surface area contributed by atoms with Gasteiger partial charge >= 0.3 is 0 Å². The van der Waals surface area contributed by atoms with Gasteiger partial charge in [0.05, 0.1) is 6.33 Å². The fraction of sp³-hybridized carbons (Fsp3) is 0.667. The zero-order valence-electron chi connectivity index (χ0n) is 7.99. The van der Waals surface area contributed by atoms with Crippen LogP contribution in [-0.4, -0.2) is 15.6 Å². The molecule has 0 fully saturated rings. The van der Waals surface area contributed by atoms with Crippen molar-refractivity contribution < 1.29 is 0 Å². The van der Waals surface area contributed by atoms with Crippen molar-refractivity contribution in [2.45, 2.75) is 33.4 Å². The molecule has 0 aliphatic rings. The highest BCUT2D eigenvalue weighted by atomic mass is 15.0. The van der Waals surface area contributed by atoms with Crippen molar-refractivity contribution in [1.82, 2.24) is 9.55 Å². The Morgan fingerprint density at radius 1 is 1.50 bits per heavy atom. The molecule has 0 saturated heterocycles. The highest BCUT2D eigenvalue weighted by molar-refractivity contribution is 4.81. The summed E-state index contributed by atoms with van der Waals surface area (Å²) in [7, 11) is 0. The van der Waals surface area contributed by atoms with E-state index in [1.165, 1.54) is 0 Å². The van der Waals surface area contributed by atoms with Crippen LogP contribution in [0.1, 0.15) is 20.8 Å². The number of hydrogen-bond donors (Lipinski definition) is 1. The van der Waals surface area contributed by atoms with E-state index >= 15 is 0 Å². The zero-order chi connectivity index (χ0) is 9.19. The number of nitrogens with two attached hydrogens (primary N) is 1. The summed E-state index contributed by atoms with van der Waals surface area (Å²) in [4.78, 5) is 3.96. The predicted molar refractivity (Wildman–Crippen MR) is 49.7 cm³/mol. The topological polar surface area (TPSA) is 43.8 Å². The maximum absolute atomic E-state index is 5.99. The van der Waals surface area contributed by atoms with Crippen LogP contribution in [0.2, 0.25) is 0 Å². The highest BCUT2D eigenvalue weighted by Crippen LogP contribution is 2.18. The first-order valence-corrected chi connectivity index (χ1v) is 4.21. The van der Waals surface area contributed by atoms with Crippen LogP contribution in [0.5, 0.6) is 0 Å². The van der Waals surface area contributed by atoms with Gasteiger partial charge in [-0.15, -0.1) is 0 Å². The van der Waals surface area contributed by atoms with Crippen LogP contribution in [0, 0.1) is 5.41 Å². The standard InChI is InChI=1S/C9H17N3/c1-9(2,3)8(10)6-12-5-4-11-7-12/h4-5,7-8H,6,10H2,1-3H3/t8-/m1/s1. The zero-order valence-corrected chi connectivity index (χ0v) is 7.99. The fourth-order valence-electron chi connectivity index (χ4n) is 0.896. The van der Waals surface area contributed by atoms with E-state index in [1.807, 2.05) is 10.8 Å². The van der Waals surface area contributed by atoms with E-state index < -0.39 is 0 Å². The smallest absolute Gasteiger partial charge is 0.0946 e. The molecular formula is C9H17N3. The van der Waals surface area contributed by atoms with Crippen LogP contribution in [0.4, 0.5) is 0 Å². The number of rotatable bonds is 2. The van der Waals surface area contributed by atoms with Gasteiger partial charge in [-0.25, -0.2) is 4.98 Å². The van der Waals surface area contributed by atoms with E-state index in [1.54, 1.807) is 12.5 Å². The van der Waals surface area contributed by atoms with Gasteiger partial charge in [0, 0.05) is 25.0 Å². The normalized spacial score (nSPS) is 14.7. The molecule has 0 aliphatic carbocycles. The molecule has 3 nitrogen and oxygen atoms in total. The molecule has 0 radical (unpaired) electrons. The maximum Gasteiger partial charge on any atom is 0.0946 e. The lowest BCUT2D eigenvalue weighted by Gasteiger charge is -2.27. The molecule has 12 heavy (non-hydrogen) atoms.